The molecule has 0 aromatic heterocycles. The van der Waals surface area contributed by atoms with Crippen LogP contribution in [0.5, 0.6) is 0 Å². The van der Waals surface area contributed by atoms with Gasteiger partial charge in [-0.25, -0.2) is 0 Å². The zero-order valence-corrected chi connectivity index (χ0v) is 36.8. The zero-order chi connectivity index (χ0) is 42.7. The van der Waals surface area contributed by atoms with Gasteiger partial charge >= 0.3 is 0 Å². The number of rotatable bonds is 12. The minimum absolute atomic E-state index is 0.638. The van der Waals surface area contributed by atoms with Gasteiger partial charge in [0.15, 0.2) is 0 Å². The molecule has 0 heterocycles. The Morgan fingerprint density at radius 2 is 0.328 bits per heavy atom. The average molecular weight is 797 g/mol. The lowest BCUT2D eigenvalue weighted by atomic mass is 9.64. The van der Waals surface area contributed by atoms with Crippen molar-refractivity contribution in [2.45, 2.75) is 5.41 Å². The Morgan fingerprint density at radius 3 is 0.459 bits per heavy atom. The number of hydrogen-bond donors (Lipinski definition) is 0. The fourth-order valence-corrected chi connectivity index (χ4v) is 8.46. The third-order valence-electron chi connectivity index (χ3n) is 12.1. The maximum Gasteiger partial charge on any atom is 0.0701 e. The summed E-state index contributed by atoms with van der Waals surface area (Å²) in [7, 11) is 16.6. The van der Waals surface area contributed by atoms with Crippen LogP contribution in [0.15, 0.2) is 194 Å². The second-order valence-electron chi connectivity index (χ2n) is 16.8. The Bertz CT molecular complexity index is 2270. The van der Waals surface area contributed by atoms with Crippen molar-refractivity contribution in [3.8, 4) is 44.5 Å². The van der Waals surface area contributed by atoms with E-state index in [2.05, 4.69) is 270 Å². The van der Waals surface area contributed by atoms with Crippen LogP contribution in [0.2, 0.25) is 0 Å². The molecule has 0 fully saturated rings. The lowest BCUT2D eigenvalue weighted by Gasteiger charge is -2.37. The van der Waals surface area contributed by atoms with Crippen LogP contribution in [0, 0.1) is 0 Å². The molecule has 4 heteroatoms. The highest BCUT2D eigenvalue weighted by atomic mass is 15.1. The summed E-state index contributed by atoms with van der Waals surface area (Å²) in [5.74, 6) is 0. The monoisotopic (exact) mass is 796 g/mol. The minimum atomic E-state index is -0.638. The van der Waals surface area contributed by atoms with E-state index in [0.29, 0.717) is 0 Å². The van der Waals surface area contributed by atoms with Crippen LogP contribution in [0.3, 0.4) is 0 Å². The van der Waals surface area contributed by atoms with Gasteiger partial charge in [-0.3, -0.25) is 0 Å². The molecule has 61 heavy (non-hydrogen) atoms. The molecular formula is C57H56N4. The van der Waals surface area contributed by atoms with Gasteiger partial charge in [0.1, 0.15) is 0 Å². The summed E-state index contributed by atoms with van der Waals surface area (Å²) in [5, 5.41) is 0. The molecule has 8 aromatic carbocycles. The topological polar surface area (TPSA) is 13.0 Å². The van der Waals surface area contributed by atoms with Crippen LogP contribution in [-0.2, 0) is 5.41 Å². The fourth-order valence-electron chi connectivity index (χ4n) is 8.46. The van der Waals surface area contributed by atoms with E-state index in [9.17, 15) is 0 Å². The van der Waals surface area contributed by atoms with Crippen molar-refractivity contribution in [1.82, 2.24) is 0 Å². The van der Waals surface area contributed by atoms with Crippen molar-refractivity contribution in [3.63, 3.8) is 0 Å². The van der Waals surface area contributed by atoms with Crippen LogP contribution in [0.25, 0.3) is 44.5 Å². The smallest absolute Gasteiger partial charge is 0.0701 e. The lowest BCUT2D eigenvalue weighted by molar-refractivity contribution is 0.745. The molecule has 8 aromatic rings. The maximum atomic E-state index is 2.34. The van der Waals surface area contributed by atoms with E-state index >= 15 is 0 Å². The SMILES string of the molecule is CN(C)c1ccc(-c2ccc(C(c3ccc(-c4ccc(N(C)C)cc4)cc3)(c3ccc(-c4ccc(N(C)C)cc4)cc3)c3ccc(-c4ccc(N(C)C)cc4)cc3)cc2)cc1. The van der Waals surface area contributed by atoms with E-state index in [1.165, 1.54) is 89.5 Å². The van der Waals surface area contributed by atoms with Crippen LogP contribution in [-0.4, -0.2) is 56.4 Å². The maximum absolute atomic E-state index is 2.34. The third-order valence-corrected chi connectivity index (χ3v) is 12.1. The van der Waals surface area contributed by atoms with Crippen molar-refractivity contribution in [1.29, 1.82) is 0 Å². The van der Waals surface area contributed by atoms with Crippen molar-refractivity contribution in [2.75, 3.05) is 76.0 Å². The van der Waals surface area contributed by atoms with E-state index in [4.69, 9.17) is 0 Å². The van der Waals surface area contributed by atoms with Gasteiger partial charge in [-0.2, -0.15) is 0 Å². The van der Waals surface area contributed by atoms with Gasteiger partial charge in [-0.05, 0) is 115 Å². The first-order chi connectivity index (χ1) is 29.5. The zero-order valence-electron chi connectivity index (χ0n) is 36.8. The molecule has 4 nitrogen and oxygen atoms in total. The highest BCUT2D eigenvalue weighted by Crippen LogP contribution is 2.47. The second kappa shape index (κ2) is 17.3. The van der Waals surface area contributed by atoms with Gasteiger partial charge < -0.3 is 19.6 Å². The molecule has 0 amide bonds. The van der Waals surface area contributed by atoms with Crippen molar-refractivity contribution >= 4 is 22.7 Å². The minimum Gasteiger partial charge on any atom is -0.378 e. The van der Waals surface area contributed by atoms with Gasteiger partial charge in [-0.1, -0.05) is 146 Å². The molecule has 0 aliphatic rings. The Balaban J connectivity index is 1.30. The molecule has 0 aliphatic carbocycles. The number of nitrogens with zero attached hydrogens (tertiary/aromatic N) is 4. The normalized spacial score (nSPS) is 11.3. The molecule has 304 valence electrons. The summed E-state index contributed by atoms with van der Waals surface area (Å²) in [6, 6.07) is 72.3. The molecule has 0 N–H and O–H groups in total. The average Bonchev–Trinajstić information content (AvgIpc) is 3.30. The first-order valence-corrected chi connectivity index (χ1v) is 21.0. The Hall–Kier alpha value is -7.04. The van der Waals surface area contributed by atoms with E-state index in [1.54, 1.807) is 0 Å². The summed E-state index contributed by atoms with van der Waals surface area (Å²) in [6.07, 6.45) is 0. The fraction of sp³-hybridized carbons (Fsp3) is 0.158. The molecule has 8 rings (SSSR count). The first-order valence-electron chi connectivity index (χ1n) is 21.0. The van der Waals surface area contributed by atoms with Gasteiger partial charge in [0.25, 0.3) is 0 Å². The van der Waals surface area contributed by atoms with Gasteiger partial charge in [0.2, 0.25) is 0 Å². The summed E-state index contributed by atoms with van der Waals surface area (Å²) in [4.78, 5) is 8.55. The van der Waals surface area contributed by atoms with Crippen molar-refractivity contribution < 1.29 is 0 Å². The van der Waals surface area contributed by atoms with Crippen LogP contribution < -0.4 is 19.6 Å². The molecule has 0 radical (unpaired) electrons. The predicted molar refractivity (Wildman–Crippen MR) is 264 cm³/mol. The van der Waals surface area contributed by atoms with E-state index < -0.39 is 5.41 Å². The molecule has 0 aliphatic heterocycles. The van der Waals surface area contributed by atoms with Gasteiger partial charge in [0, 0.05) is 79.1 Å². The molecular weight excluding hydrogens is 741 g/mol. The largest absolute Gasteiger partial charge is 0.378 e. The van der Waals surface area contributed by atoms with Gasteiger partial charge in [-0.15, -0.1) is 0 Å². The highest BCUT2D eigenvalue weighted by molar-refractivity contribution is 5.74. The number of anilines is 4. The third kappa shape index (κ3) is 8.27. The predicted octanol–water partition coefficient (Wildman–Crippen LogP) is 13.0. The van der Waals surface area contributed by atoms with Crippen LogP contribution in [0.4, 0.5) is 22.7 Å². The lowest BCUT2D eigenvalue weighted by Crippen LogP contribution is -2.31. The summed E-state index contributed by atoms with van der Waals surface area (Å²) in [6.45, 7) is 0. The summed E-state index contributed by atoms with van der Waals surface area (Å²) < 4.78 is 0. The van der Waals surface area contributed by atoms with Crippen molar-refractivity contribution in [3.05, 3.63) is 216 Å². The van der Waals surface area contributed by atoms with E-state index in [1.807, 2.05) is 0 Å². The quantitative estimate of drug-likeness (QED) is 0.114. The molecule has 0 bridgehead atoms. The summed E-state index contributed by atoms with van der Waals surface area (Å²) in [5.41, 5.74) is 18.5. The van der Waals surface area contributed by atoms with E-state index in [0.717, 1.165) is 0 Å². The Kier molecular flexibility index (Phi) is 11.5. The van der Waals surface area contributed by atoms with Crippen LogP contribution in [0.1, 0.15) is 22.3 Å². The molecule has 0 spiro atoms. The van der Waals surface area contributed by atoms with Gasteiger partial charge in [0.05, 0.1) is 5.41 Å². The van der Waals surface area contributed by atoms with E-state index in [-0.39, 0.29) is 0 Å². The number of benzene rings is 8. The second-order valence-corrected chi connectivity index (χ2v) is 16.8. The molecule has 0 saturated heterocycles. The number of hydrogen-bond acceptors (Lipinski definition) is 4. The Labute approximate surface area is 363 Å². The molecule has 0 saturated carbocycles. The molecule has 0 atom stereocenters. The Morgan fingerprint density at radius 1 is 0.197 bits per heavy atom. The summed E-state index contributed by atoms with van der Waals surface area (Å²) >= 11 is 0. The van der Waals surface area contributed by atoms with Crippen LogP contribution >= 0.6 is 0 Å². The first kappa shape index (κ1) is 40.7. The highest BCUT2D eigenvalue weighted by Gasteiger charge is 2.38. The molecule has 0 unspecified atom stereocenters. The standard InChI is InChI=1S/C57H56N4/c1-58(2)53-33-17-45(18-34-53)41-9-25-49(26-10-41)57(50-27-11-42(12-28-50)46-19-35-54(36-20-46)59(3)4,51-29-13-43(14-30-51)47-21-37-55(38-22-47)60(5)6)52-31-15-44(16-32-52)48-23-39-56(40-24-48)61(7)8/h9-40H,1-8H3. The van der Waals surface area contributed by atoms with Crippen molar-refractivity contribution in [2.24, 2.45) is 0 Å².